The molecule has 1 fully saturated rings. The summed E-state index contributed by atoms with van der Waals surface area (Å²) in [6.07, 6.45) is 1.81. The van der Waals surface area contributed by atoms with Crippen LogP contribution in [0.3, 0.4) is 0 Å². The van der Waals surface area contributed by atoms with Gasteiger partial charge in [-0.1, -0.05) is 13.8 Å². The van der Waals surface area contributed by atoms with Gasteiger partial charge in [0.15, 0.2) is 9.84 Å². The zero-order valence-corrected chi connectivity index (χ0v) is 10.9. The van der Waals surface area contributed by atoms with Crippen LogP contribution in [-0.2, 0) is 9.84 Å². The minimum absolute atomic E-state index is 0.184. The average molecular weight is 233 g/mol. The molecule has 4 unspecified atom stereocenters. The SMILES string of the molecule is CC1CC(C)C(S(=O)(=O)C(C)C)C(N)C1. The number of nitrogens with two attached hydrogens (primary N) is 1. The molecule has 2 N–H and O–H groups in total. The van der Waals surface area contributed by atoms with E-state index in [-0.39, 0.29) is 22.5 Å². The van der Waals surface area contributed by atoms with Gasteiger partial charge in [0.25, 0.3) is 0 Å². The maximum Gasteiger partial charge on any atom is 0.157 e. The lowest BCUT2D eigenvalue weighted by atomic mass is 9.80. The summed E-state index contributed by atoms with van der Waals surface area (Å²) in [5.41, 5.74) is 6.00. The van der Waals surface area contributed by atoms with Gasteiger partial charge in [0.2, 0.25) is 0 Å². The Labute approximate surface area is 93.3 Å². The Kier molecular flexibility index (Phi) is 3.82. The highest BCUT2D eigenvalue weighted by molar-refractivity contribution is 7.92. The fourth-order valence-electron chi connectivity index (χ4n) is 2.77. The lowest BCUT2D eigenvalue weighted by molar-refractivity contribution is 0.270. The molecule has 3 nitrogen and oxygen atoms in total. The number of hydrogen-bond donors (Lipinski definition) is 1. The van der Waals surface area contributed by atoms with Crippen LogP contribution in [0.4, 0.5) is 0 Å². The van der Waals surface area contributed by atoms with Crippen molar-refractivity contribution in [3.8, 4) is 0 Å². The van der Waals surface area contributed by atoms with Gasteiger partial charge in [-0.25, -0.2) is 8.42 Å². The third-order valence-electron chi connectivity index (χ3n) is 3.47. The molecule has 0 radical (unpaired) electrons. The third-order valence-corrected chi connectivity index (χ3v) is 6.35. The molecule has 1 rings (SSSR count). The van der Waals surface area contributed by atoms with E-state index < -0.39 is 9.84 Å². The van der Waals surface area contributed by atoms with E-state index in [4.69, 9.17) is 5.73 Å². The van der Waals surface area contributed by atoms with Gasteiger partial charge in [0, 0.05) is 6.04 Å². The van der Waals surface area contributed by atoms with Crippen molar-refractivity contribution in [2.45, 2.75) is 57.1 Å². The maximum atomic E-state index is 12.1. The molecule has 0 aromatic carbocycles. The first-order valence-electron chi connectivity index (χ1n) is 5.75. The van der Waals surface area contributed by atoms with Crippen molar-refractivity contribution < 1.29 is 8.42 Å². The number of hydrogen-bond acceptors (Lipinski definition) is 3. The number of rotatable bonds is 2. The van der Waals surface area contributed by atoms with Crippen molar-refractivity contribution in [3.05, 3.63) is 0 Å². The summed E-state index contributed by atoms with van der Waals surface area (Å²) in [7, 11) is -3.05. The fraction of sp³-hybridized carbons (Fsp3) is 1.00. The van der Waals surface area contributed by atoms with Crippen LogP contribution in [0.25, 0.3) is 0 Å². The first-order chi connectivity index (χ1) is 6.76. The summed E-state index contributed by atoms with van der Waals surface area (Å²) >= 11 is 0. The molecule has 0 aliphatic heterocycles. The second-order valence-corrected chi connectivity index (χ2v) is 7.99. The predicted octanol–water partition coefficient (Wildman–Crippen LogP) is 1.57. The second kappa shape index (κ2) is 4.42. The molecular weight excluding hydrogens is 210 g/mol. The second-order valence-electron chi connectivity index (χ2n) is 5.32. The molecular formula is C11H23NO2S. The molecule has 0 aromatic rings. The zero-order valence-electron chi connectivity index (χ0n) is 10.1. The van der Waals surface area contributed by atoms with E-state index in [1.54, 1.807) is 13.8 Å². The van der Waals surface area contributed by atoms with Crippen molar-refractivity contribution in [3.63, 3.8) is 0 Å². The summed E-state index contributed by atoms with van der Waals surface area (Å²) in [6.45, 7) is 7.65. The highest BCUT2D eigenvalue weighted by Gasteiger charge is 2.41. The summed E-state index contributed by atoms with van der Waals surface area (Å²) in [5, 5.41) is -0.655. The zero-order chi connectivity index (χ0) is 11.8. The molecule has 0 saturated heterocycles. The average Bonchev–Trinajstić information content (AvgIpc) is 2.00. The normalized spacial score (nSPS) is 38.3. The molecule has 4 atom stereocenters. The van der Waals surface area contributed by atoms with Crippen LogP contribution >= 0.6 is 0 Å². The van der Waals surface area contributed by atoms with Crippen LogP contribution in [0.15, 0.2) is 0 Å². The summed E-state index contributed by atoms with van der Waals surface area (Å²) < 4.78 is 24.3. The van der Waals surface area contributed by atoms with E-state index in [1.807, 2.05) is 6.92 Å². The van der Waals surface area contributed by atoms with Gasteiger partial charge in [-0.05, 0) is 38.5 Å². The monoisotopic (exact) mass is 233 g/mol. The van der Waals surface area contributed by atoms with E-state index in [2.05, 4.69) is 6.92 Å². The van der Waals surface area contributed by atoms with Crippen LogP contribution < -0.4 is 5.73 Å². The van der Waals surface area contributed by atoms with Crippen LogP contribution in [0.2, 0.25) is 0 Å². The minimum Gasteiger partial charge on any atom is -0.327 e. The Morgan fingerprint density at radius 2 is 1.73 bits per heavy atom. The van der Waals surface area contributed by atoms with Crippen LogP contribution in [0.5, 0.6) is 0 Å². The van der Waals surface area contributed by atoms with Crippen molar-refractivity contribution in [1.29, 1.82) is 0 Å². The Bertz CT molecular complexity index is 299. The Balaban J connectivity index is 2.94. The maximum absolute atomic E-state index is 12.1. The summed E-state index contributed by atoms with van der Waals surface area (Å²) in [6, 6.07) is -0.184. The van der Waals surface area contributed by atoms with Crippen molar-refractivity contribution in [2.24, 2.45) is 17.6 Å². The molecule has 1 aliphatic carbocycles. The Morgan fingerprint density at radius 1 is 1.20 bits per heavy atom. The van der Waals surface area contributed by atoms with Crippen molar-refractivity contribution >= 4 is 9.84 Å². The van der Waals surface area contributed by atoms with Crippen molar-refractivity contribution in [2.75, 3.05) is 0 Å². The van der Waals surface area contributed by atoms with Crippen LogP contribution in [0.1, 0.15) is 40.5 Å². The molecule has 0 bridgehead atoms. The van der Waals surface area contributed by atoms with Gasteiger partial charge >= 0.3 is 0 Å². The molecule has 0 heterocycles. The largest absolute Gasteiger partial charge is 0.327 e. The third kappa shape index (κ3) is 2.53. The van der Waals surface area contributed by atoms with Gasteiger partial charge in [0.05, 0.1) is 10.5 Å². The molecule has 0 amide bonds. The van der Waals surface area contributed by atoms with Gasteiger partial charge < -0.3 is 5.73 Å². The smallest absolute Gasteiger partial charge is 0.157 e. The standard InChI is InChI=1S/C11H23NO2S/c1-7(2)15(13,14)11-9(4)5-8(3)6-10(11)12/h7-11H,5-6,12H2,1-4H3. The summed E-state index contributed by atoms with van der Waals surface area (Å²) in [4.78, 5) is 0. The quantitative estimate of drug-likeness (QED) is 0.787. The Morgan fingerprint density at radius 3 is 2.13 bits per heavy atom. The molecule has 0 spiro atoms. The lowest BCUT2D eigenvalue weighted by Crippen LogP contribution is -2.51. The van der Waals surface area contributed by atoms with Crippen LogP contribution in [-0.4, -0.2) is 25.0 Å². The molecule has 90 valence electrons. The van der Waals surface area contributed by atoms with E-state index in [1.165, 1.54) is 0 Å². The summed E-state index contributed by atoms with van der Waals surface area (Å²) in [5.74, 6) is 0.741. The molecule has 0 aromatic heterocycles. The topological polar surface area (TPSA) is 60.2 Å². The first-order valence-corrected chi connectivity index (χ1v) is 7.36. The van der Waals surface area contributed by atoms with Crippen molar-refractivity contribution in [1.82, 2.24) is 0 Å². The first kappa shape index (κ1) is 13.0. The fourth-order valence-corrected chi connectivity index (χ4v) is 4.75. The highest BCUT2D eigenvalue weighted by Crippen LogP contribution is 2.33. The Hall–Kier alpha value is -0.0900. The van der Waals surface area contributed by atoms with Gasteiger partial charge in [-0.15, -0.1) is 0 Å². The van der Waals surface area contributed by atoms with E-state index in [9.17, 15) is 8.42 Å². The molecule has 1 saturated carbocycles. The molecule has 15 heavy (non-hydrogen) atoms. The van der Waals surface area contributed by atoms with E-state index in [0.29, 0.717) is 5.92 Å². The predicted molar refractivity (Wildman–Crippen MR) is 63.4 cm³/mol. The lowest BCUT2D eigenvalue weighted by Gasteiger charge is -2.38. The van der Waals surface area contributed by atoms with Crippen LogP contribution in [0, 0.1) is 11.8 Å². The van der Waals surface area contributed by atoms with E-state index in [0.717, 1.165) is 12.8 Å². The van der Waals surface area contributed by atoms with Gasteiger partial charge in [-0.2, -0.15) is 0 Å². The molecule has 4 heteroatoms. The van der Waals surface area contributed by atoms with Gasteiger partial charge in [-0.3, -0.25) is 0 Å². The van der Waals surface area contributed by atoms with Gasteiger partial charge in [0.1, 0.15) is 0 Å². The molecule has 1 aliphatic rings. The van der Waals surface area contributed by atoms with E-state index >= 15 is 0 Å². The highest BCUT2D eigenvalue weighted by atomic mass is 32.2. The minimum atomic E-state index is -3.05. The number of sulfone groups is 1.